The van der Waals surface area contributed by atoms with Crippen molar-refractivity contribution in [2.75, 3.05) is 23.7 Å². The number of aromatic nitrogens is 2. The number of anilines is 2. The van der Waals surface area contributed by atoms with Crippen molar-refractivity contribution < 1.29 is 32.2 Å². The molecule has 216 valence electrons. The van der Waals surface area contributed by atoms with Crippen molar-refractivity contribution in [3.05, 3.63) is 41.7 Å². The Balaban J connectivity index is 0.000000673. The number of carbonyl (C=O) groups excluding carboxylic acids is 2. The Hall–Kier alpha value is -3.61. The summed E-state index contributed by atoms with van der Waals surface area (Å²) in [6, 6.07) is 4.83. The first-order chi connectivity index (χ1) is 18.3. The Bertz CT molecular complexity index is 1070. The summed E-state index contributed by atoms with van der Waals surface area (Å²) in [6.07, 6.45) is -0.304. The fourth-order valence-electron chi connectivity index (χ4n) is 3.70. The number of hydrogen-bond donors (Lipinski definition) is 4. The number of carbonyl (C=O) groups is 2. The molecule has 1 heterocycles. The second-order valence-corrected chi connectivity index (χ2v) is 10.0. The first-order valence-corrected chi connectivity index (χ1v) is 12.6. The Morgan fingerprint density at radius 2 is 1.82 bits per heavy atom. The van der Waals surface area contributed by atoms with E-state index in [-0.39, 0.29) is 29.0 Å². The SMILES string of the molecule is CC(C)(C)OC=O.Cc1ccc(NC(=O)NC2CCC(Oc3cc(NCCN)ncn3)CC2)cc1C(F)(F)F. The van der Waals surface area contributed by atoms with E-state index in [2.05, 4.69) is 30.7 Å². The van der Waals surface area contributed by atoms with Crippen molar-refractivity contribution in [3.63, 3.8) is 0 Å². The molecule has 2 amide bonds. The number of nitrogens with zero attached hydrogens (tertiary/aromatic N) is 2. The number of alkyl halides is 3. The highest BCUT2D eigenvalue weighted by atomic mass is 19.4. The minimum atomic E-state index is -4.47. The highest BCUT2D eigenvalue weighted by molar-refractivity contribution is 5.89. The van der Waals surface area contributed by atoms with Gasteiger partial charge in [-0.15, -0.1) is 0 Å². The fourth-order valence-corrected chi connectivity index (χ4v) is 3.70. The van der Waals surface area contributed by atoms with Crippen molar-refractivity contribution in [1.82, 2.24) is 15.3 Å². The Kier molecular flexibility index (Phi) is 11.8. The molecule has 0 aliphatic heterocycles. The van der Waals surface area contributed by atoms with Gasteiger partial charge in [0, 0.05) is 30.9 Å². The molecule has 10 nitrogen and oxygen atoms in total. The molecule has 2 aromatic rings. The third-order valence-electron chi connectivity index (χ3n) is 5.59. The standard InChI is InChI=1S/C21H27F3N6O2.C5H10O2/c1-13-2-3-15(10-17(13)21(22,23)24)30-20(31)29-14-4-6-16(7-5-14)32-19-11-18(26-9-8-25)27-12-28-19;1-5(2,3)7-4-6/h2-3,10-12,14,16H,4-9,25H2,1H3,(H,26,27,28)(H2,29,30,31);4H,1-3H3. The van der Waals surface area contributed by atoms with E-state index in [1.54, 1.807) is 6.07 Å². The van der Waals surface area contributed by atoms with Gasteiger partial charge in [-0.1, -0.05) is 6.07 Å². The summed E-state index contributed by atoms with van der Waals surface area (Å²) in [5.41, 5.74) is 4.59. The van der Waals surface area contributed by atoms with E-state index in [1.165, 1.54) is 25.4 Å². The number of benzene rings is 1. The number of nitrogens with two attached hydrogens (primary N) is 1. The quantitative estimate of drug-likeness (QED) is 0.346. The zero-order valence-corrected chi connectivity index (χ0v) is 22.6. The molecule has 0 atom stereocenters. The summed E-state index contributed by atoms with van der Waals surface area (Å²) < 4.78 is 49.6. The first kappa shape index (κ1) is 31.6. The van der Waals surface area contributed by atoms with Gasteiger partial charge in [-0.3, -0.25) is 4.79 Å². The molecule has 0 unspecified atom stereocenters. The van der Waals surface area contributed by atoms with E-state index in [0.717, 1.165) is 6.07 Å². The van der Waals surface area contributed by atoms with Crippen LogP contribution in [-0.2, 0) is 15.7 Å². The lowest BCUT2D eigenvalue weighted by molar-refractivity contribution is -0.139. The maximum Gasteiger partial charge on any atom is 0.416 e. The monoisotopic (exact) mass is 554 g/mol. The number of halogens is 3. The number of nitrogens with one attached hydrogen (secondary N) is 3. The predicted molar refractivity (Wildman–Crippen MR) is 141 cm³/mol. The van der Waals surface area contributed by atoms with Crippen LogP contribution in [0.5, 0.6) is 5.88 Å². The van der Waals surface area contributed by atoms with Crippen LogP contribution in [-0.4, -0.2) is 53.3 Å². The normalized spacial score (nSPS) is 17.2. The highest BCUT2D eigenvalue weighted by Crippen LogP contribution is 2.33. The molecule has 5 N–H and O–H groups in total. The number of amides is 2. The van der Waals surface area contributed by atoms with Crippen LogP contribution >= 0.6 is 0 Å². The van der Waals surface area contributed by atoms with Gasteiger partial charge in [-0.2, -0.15) is 13.2 Å². The molecule has 0 spiro atoms. The minimum absolute atomic E-state index is 0.0418. The molecular weight excluding hydrogens is 517 g/mol. The zero-order chi connectivity index (χ0) is 29.1. The van der Waals surface area contributed by atoms with Gasteiger partial charge >= 0.3 is 12.2 Å². The van der Waals surface area contributed by atoms with Crippen LogP contribution in [0.25, 0.3) is 0 Å². The first-order valence-electron chi connectivity index (χ1n) is 12.6. The average Bonchev–Trinajstić information content (AvgIpc) is 2.84. The van der Waals surface area contributed by atoms with E-state index in [4.69, 9.17) is 10.5 Å². The molecule has 0 saturated heterocycles. The number of rotatable bonds is 8. The summed E-state index contributed by atoms with van der Waals surface area (Å²) in [4.78, 5) is 30.1. The average molecular weight is 555 g/mol. The van der Waals surface area contributed by atoms with Crippen LogP contribution in [0.3, 0.4) is 0 Å². The van der Waals surface area contributed by atoms with E-state index in [1.807, 2.05) is 20.8 Å². The van der Waals surface area contributed by atoms with Crippen molar-refractivity contribution in [1.29, 1.82) is 0 Å². The van der Waals surface area contributed by atoms with E-state index in [0.29, 0.717) is 56.9 Å². The Morgan fingerprint density at radius 3 is 2.38 bits per heavy atom. The van der Waals surface area contributed by atoms with Gasteiger partial charge in [0.05, 0.1) is 5.56 Å². The summed E-state index contributed by atoms with van der Waals surface area (Å²) in [6.45, 7) is 8.38. The van der Waals surface area contributed by atoms with E-state index >= 15 is 0 Å². The maximum absolute atomic E-state index is 13.1. The van der Waals surface area contributed by atoms with Crippen molar-refractivity contribution in [2.24, 2.45) is 5.73 Å². The summed E-state index contributed by atoms with van der Waals surface area (Å²) in [5, 5.41) is 8.37. The van der Waals surface area contributed by atoms with Crippen LogP contribution in [0.15, 0.2) is 30.6 Å². The Labute approximate surface area is 226 Å². The number of ether oxygens (including phenoxy) is 2. The van der Waals surface area contributed by atoms with Gasteiger partial charge in [-0.25, -0.2) is 14.8 Å². The molecule has 1 aromatic carbocycles. The fraction of sp³-hybridized carbons (Fsp3) is 0.538. The van der Waals surface area contributed by atoms with Crippen LogP contribution in [0.1, 0.15) is 57.6 Å². The molecule has 13 heteroatoms. The van der Waals surface area contributed by atoms with Crippen molar-refractivity contribution >= 4 is 24.0 Å². The molecule has 0 radical (unpaired) electrons. The molecule has 1 fully saturated rings. The lowest BCUT2D eigenvalue weighted by Crippen LogP contribution is -2.41. The van der Waals surface area contributed by atoms with E-state index < -0.39 is 17.8 Å². The van der Waals surface area contributed by atoms with Crippen LogP contribution in [0, 0.1) is 6.92 Å². The van der Waals surface area contributed by atoms with Crippen molar-refractivity contribution in [2.45, 2.75) is 77.3 Å². The third-order valence-corrected chi connectivity index (χ3v) is 5.59. The summed E-state index contributed by atoms with van der Waals surface area (Å²) in [7, 11) is 0. The Morgan fingerprint density at radius 1 is 1.13 bits per heavy atom. The summed E-state index contributed by atoms with van der Waals surface area (Å²) in [5.74, 6) is 1.10. The van der Waals surface area contributed by atoms with Gasteiger partial charge in [0.15, 0.2) is 0 Å². The minimum Gasteiger partial charge on any atom is -0.474 e. The van der Waals surface area contributed by atoms with Gasteiger partial charge in [0.1, 0.15) is 23.9 Å². The number of hydrogen-bond acceptors (Lipinski definition) is 8. The largest absolute Gasteiger partial charge is 0.474 e. The smallest absolute Gasteiger partial charge is 0.416 e. The number of urea groups is 1. The second kappa shape index (κ2) is 14.5. The molecule has 39 heavy (non-hydrogen) atoms. The maximum atomic E-state index is 13.1. The second-order valence-electron chi connectivity index (χ2n) is 10.0. The topological polar surface area (TPSA) is 140 Å². The van der Waals surface area contributed by atoms with Crippen LogP contribution in [0.2, 0.25) is 0 Å². The van der Waals surface area contributed by atoms with Crippen molar-refractivity contribution in [3.8, 4) is 5.88 Å². The lowest BCUT2D eigenvalue weighted by atomic mass is 9.93. The van der Waals surface area contributed by atoms with Gasteiger partial charge in [0.25, 0.3) is 6.47 Å². The molecule has 1 aliphatic carbocycles. The molecule has 0 bridgehead atoms. The predicted octanol–water partition coefficient (Wildman–Crippen LogP) is 4.64. The van der Waals surface area contributed by atoms with Crippen LogP contribution < -0.4 is 26.4 Å². The van der Waals surface area contributed by atoms with Crippen LogP contribution in [0.4, 0.5) is 29.5 Å². The zero-order valence-electron chi connectivity index (χ0n) is 22.6. The molecule has 1 aromatic heterocycles. The highest BCUT2D eigenvalue weighted by Gasteiger charge is 2.32. The molecular formula is C26H37F3N6O4. The molecule has 1 saturated carbocycles. The van der Waals surface area contributed by atoms with E-state index in [9.17, 15) is 22.8 Å². The van der Waals surface area contributed by atoms with Gasteiger partial charge in [0.2, 0.25) is 5.88 Å². The van der Waals surface area contributed by atoms with Gasteiger partial charge in [-0.05, 0) is 71.1 Å². The molecule has 3 rings (SSSR count). The molecule has 1 aliphatic rings. The third kappa shape index (κ3) is 11.8. The number of aryl methyl sites for hydroxylation is 1. The van der Waals surface area contributed by atoms with Gasteiger partial charge < -0.3 is 31.2 Å². The summed E-state index contributed by atoms with van der Waals surface area (Å²) >= 11 is 0. The lowest BCUT2D eigenvalue weighted by Gasteiger charge is -2.29.